The number of hydrogen-bond donors (Lipinski definition) is 1. The van der Waals surface area contributed by atoms with Gasteiger partial charge in [0, 0.05) is 13.1 Å². The van der Waals surface area contributed by atoms with Gasteiger partial charge >= 0.3 is 5.97 Å². The maximum atomic E-state index is 12.1. The summed E-state index contributed by atoms with van der Waals surface area (Å²) in [5.74, 6) is -0.950. The zero-order valence-corrected chi connectivity index (χ0v) is 11.3. The Morgan fingerprint density at radius 2 is 1.89 bits per heavy atom. The van der Waals surface area contributed by atoms with E-state index in [2.05, 4.69) is 0 Å². The number of carboxylic acid groups (broad SMARTS) is 1. The smallest absolute Gasteiger partial charge is 0.323 e. The van der Waals surface area contributed by atoms with Crippen LogP contribution in [-0.2, 0) is 14.3 Å². The van der Waals surface area contributed by atoms with Crippen molar-refractivity contribution in [1.29, 1.82) is 0 Å². The van der Waals surface area contributed by atoms with Crippen molar-refractivity contribution in [1.82, 2.24) is 9.80 Å². The molecule has 18 heavy (non-hydrogen) atoms. The number of carbonyl (C=O) groups excluding carboxylic acids is 1. The number of likely N-dealkylation sites (N-methyl/N-ethyl adjacent to an activating group) is 1. The number of rotatable bonds is 5. The van der Waals surface area contributed by atoms with Gasteiger partial charge in [0.25, 0.3) is 0 Å². The molecule has 0 atom stereocenters. The van der Waals surface area contributed by atoms with E-state index in [9.17, 15) is 14.7 Å². The van der Waals surface area contributed by atoms with Crippen molar-refractivity contribution in [3.63, 3.8) is 0 Å². The molecule has 6 nitrogen and oxygen atoms in total. The van der Waals surface area contributed by atoms with Gasteiger partial charge in [-0.15, -0.1) is 0 Å². The maximum absolute atomic E-state index is 12.1. The van der Waals surface area contributed by atoms with E-state index < -0.39 is 11.5 Å². The van der Waals surface area contributed by atoms with Crippen LogP contribution in [-0.4, -0.2) is 71.7 Å². The molecular weight excluding hydrogens is 236 g/mol. The number of amides is 1. The van der Waals surface area contributed by atoms with E-state index >= 15 is 0 Å². The fraction of sp³-hybridized carbons (Fsp3) is 0.833. The largest absolute Gasteiger partial charge is 0.480 e. The van der Waals surface area contributed by atoms with Gasteiger partial charge in [0.15, 0.2) is 0 Å². The van der Waals surface area contributed by atoms with Gasteiger partial charge < -0.3 is 14.7 Å². The molecule has 0 radical (unpaired) electrons. The molecule has 0 bridgehead atoms. The quantitative estimate of drug-likeness (QED) is 0.753. The third-order valence-electron chi connectivity index (χ3n) is 3.39. The molecule has 0 unspecified atom stereocenters. The van der Waals surface area contributed by atoms with Crippen LogP contribution in [0.3, 0.4) is 0 Å². The van der Waals surface area contributed by atoms with Crippen LogP contribution in [0.15, 0.2) is 0 Å². The van der Waals surface area contributed by atoms with Gasteiger partial charge in [0.2, 0.25) is 5.91 Å². The van der Waals surface area contributed by atoms with Crippen LogP contribution in [0.25, 0.3) is 0 Å². The molecule has 1 aliphatic heterocycles. The lowest BCUT2D eigenvalue weighted by Crippen LogP contribution is -2.54. The molecular formula is C12H22N2O4. The second kappa shape index (κ2) is 6.15. The number of ether oxygens (including phenoxy) is 1. The Hall–Kier alpha value is -1.14. The number of carbonyl (C=O) groups is 2. The highest BCUT2D eigenvalue weighted by Gasteiger charge is 2.35. The molecule has 104 valence electrons. The highest BCUT2D eigenvalue weighted by Crippen LogP contribution is 2.14. The monoisotopic (exact) mass is 258 g/mol. The second-order valence-corrected chi connectivity index (χ2v) is 4.87. The van der Waals surface area contributed by atoms with Gasteiger partial charge in [0.05, 0.1) is 19.8 Å². The van der Waals surface area contributed by atoms with E-state index in [0.29, 0.717) is 32.8 Å². The standard InChI is InChI=1S/C12H22N2O4/c1-4-14(12(2,3)11(16)17)9-10(15)13-5-7-18-8-6-13/h4-9H2,1-3H3,(H,16,17). The number of morpholine rings is 1. The van der Waals surface area contributed by atoms with Crippen molar-refractivity contribution in [2.75, 3.05) is 39.4 Å². The first-order valence-electron chi connectivity index (χ1n) is 6.23. The summed E-state index contributed by atoms with van der Waals surface area (Å²) in [6.45, 7) is 8.04. The van der Waals surface area contributed by atoms with Gasteiger partial charge in [-0.25, -0.2) is 0 Å². The molecule has 0 aliphatic carbocycles. The van der Waals surface area contributed by atoms with Crippen molar-refractivity contribution in [3.8, 4) is 0 Å². The molecule has 0 spiro atoms. The van der Waals surface area contributed by atoms with E-state index in [1.165, 1.54) is 0 Å². The molecule has 1 saturated heterocycles. The summed E-state index contributed by atoms with van der Waals surface area (Å²) >= 11 is 0. The normalized spacial score (nSPS) is 17.0. The molecule has 0 aromatic heterocycles. The number of carboxylic acids is 1. The molecule has 0 saturated carbocycles. The van der Waals surface area contributed by atoms with Crippen molar-refractivity contribution >= 4 is 11.9 Å². The summed E-state index contributed by atoms with van der Waals surface area (Å²) in [6, 6.07) is 0. The summed E-state index contributed by atoms with van der Waals surface area (Å²) in [5.41, 5.74) is -1.03. The Labute approximate surface area is 107 Å². The lowest BCUT2D eigenvalue weighted by atomic mass is 10.0. The van der Waals surface area contributed by atoms with E-state index in [4.69, 9.17) is 4.74 Å². The summed E-state index contributed by atoms with van der Waals surface area (Å²) in [6.07, 6.45) is 0. The average molecular weight is 258 g/mol. The number of hydrogen-bond acceptors (Lipinski definition) is 4. The summed E-state index contributed by atoms with van der Waals surface area (Å²) in [7, 11) is 0. The molecule has 1 amide bonds. The van der Waals surface area contributed by atoms with Crippen LogP contribution in [0, 0.1) is 0 Å². The predicted octanol–water partition coefficient (Wildman–Crippen LogP) is 0.0303. The van der Waals surface area contributed by atoms with E-state index in [0.717, 1.165) is 0 Å². The predicted molar refractivity (Wildman–Crippen MR) is 66.4 cm³/mol. The average Bonchev–Trinajstić information content (AvgIpc) is 2.36. The lowest BCUT2D eigenvalue weighted by Gasteiger charge is -2.36. The Kier molecular flexibility index (Phi) is 5.10. The van der Waals surface area contributed by atoms with Crippen molar-refractivity contribution in [2.24, 2.45) is 0 Å². The third kappa shape index (κ3) is 3.43. The van der Waals surface area contributed by atoms with Crippen LogP contribution in [0.4, 0.5) is 0 Å². The Balaban J connectivity index is 2.62. The van der Waals surface area contributed by atoms with Crippen LogP contribution >= 0.6 is 0 Å². The first kappa shape index (κ1) is 14.9. The van der Waals surface area contributed by atoms with Gasteiger partial charge in [-0.3, -0.25) is 14.5 Å². The Morgan fingerprint density at radius 1 is 1.33 bits per heavy atom. The van der Waals surface area contributed by atoms with Crippen LogP contribution < -0.4 is 0 Å². The molecule has 0 aromatic rings. The first-order valence-corrected chi connectivity index (χ1v) is 6.23. The van der Waals surface area contributed by atoms with Crippen LogP contribution in [0.5, 0.6) is 0 Å². The molecule has 1 rings (SSSR count). The maximum Gasteiger partial charge on any atom is 0.323 e. The van der Waals surface area contributed by atoms with Crippen molar-refractivity contribution in [3.05, 3.63) is 0 Å². The van der Waals surface area contributed by atoms with E-state index in [-0.39, 0.29) is 12.5 Å². The minimum Gasteiger partial charge on any atom is -0.480 e. The molecule has 6 heteroatoms. The highest BCUT2D eigenvalue weighted by molar-refractivity contribution is 5.81. The van der Waals surface area contributed by atoms with Crippen LogP contribution in [0.2, 0.25) is 0 Å². The minimum absolute atomic E-state index is 0.0329. The Morgan fingerprint density at radius 3 is 2.33 bits per heavy atom. The van der Waals surface area contributed by atoms with Gasteiger partial charge in [-0.2, -0.15) is 0 Å². The molecule has 1 aliphatic rings. The van der Waals surface area contributed by atoms with Crippen molar-refractivity contribution in [2.45, 2.75) is 26.3 Å². The second-order valence-electron chi connectivity index (χ2n) is 4.87. The fourth-order valence-electron chi connectivity index (χ4n) is 1.92. The number of aliphatic carboxylic acids is 1. The molecule has 1 N–H and O–H groups in total. The molecule has 1 fully saturated rings. The molecule has 1 heterocycles. The SMILES string of the molecule is CCN(CC(=O)N1CCOCC1)C(C)(C)C(=O)O. The topological polar surface area (TPSA) is 70.1 Å². The van der Waals surface area contributed by atoms with E-state index in [1.54, 1.807) is 23.6 Å². The lowest BCUT2D eigenvalue weighted by molar-refractivity contribution is -0.151. The van der Waals surface area contributed by atoms with Gasteiger partial charge in [-0.05, 0) is 20.4 Å². The van der Waals surface area contributed by atoms with Crippen LogP contribution in [0.1, 0.15) is 20.8 Å². The highest BCUT2D eigenvalue weighted by atomic mass is 16.5. The van der Waals surface area contributed by atoms with Crippen molar-refractivity contribution < 1.29 is 19.4 Å². The Bertz CT molecular complexity index is 311. The molecule has 0 aromatic carbocycles. The first-order chi connectivity index (χ1) is 8.39. The summed E-state index contributed by atoms with van der Waals surface area (Å²) < 4.78 is 5.19. The fourth-order valence-corrected chi connectivity index (χ4v) is 1.92. The summed E-state index contributed by atoms with van der Waals surface area (Å²) in [5, 5.41) is 9.18. The van der Waals surface area contributed by atoms with E-state index in [1.807, 2.05) is 6.92 Å². The zero-order valence-electron chi connectivity index (χ0n) is 11.3. The minimum atomic E-state index is -1.03. The third-order valence-corrected chi connectivity index (χ3v) is 3.39. The van der Waals surface area contributed by atoms with Gasteiger partial charge in [-0.1, -0.05) is 6.92 Å². The summed E-state index contributed by atoms with van der Waals surface area (Å²) in [4.78, 5) is 26.7. The number of nitrogens with zero attached hydrogens (tertiary/aromatic N) is 2. The van der Waals surface area contributed by atoms with Gasteiger partial charge in [0.1, 0.15) is 5.54 Å². The zero-order chi connectivity index (χ0) is 13.8.